The second-order valence-electron chi connectivity index (χ2n) is 9.44. The van der Waals surface area contributed by atoms with Crippen LogP contribution in [-0.4, -0.2) is 52.1 Å². The van der Waals surface area contributed by atoms with Crippen molar-refractivity contribution in [3.05, 3.63) is 24.0 Å². The molecule has 0 radical (unpaired) electrons. The number of ether oxygens (including phenoxy) is 1. The standard InChI is InChI=1S/C22H32N4O2/c1-22(2,3)25-20(27)13-26-15-8-9-16(26)11-14(10-15)12-19-23-17-6-5-7-18(28-4)21(17)24-19/h5-7,14-16H,8-13H2,1-4H3,(H,23,24)(H,25,27)/t14-,15-,16+. The van der Waals surface area contributed by atoms with Gasteiger partial charge in [-0.25, -0.2) is 4.98 Å². The summed E-state index contributed by atoms with van der Waals surface area (Å²) in [4.78, 5) is 23.1. The minimum absolute atomic E-state index is 0.146. The van der Waals surface area contributed by atoms with Gasteiger partial charge in [-0.1, -0.05) is 6.07 Å². The monoisotopic (exact) mass is 384 g/mol. The number of carbonyl (C=O) groups is 1. The number of carbonyl (C=O) groups excluding carboxylic acids is 1. The molecule has 0 aliphatic carbocycles. The zero-order valence-electron chi connectivity index (χ0n) is 17.4. The second-order valence-corrected chi connectivity index (χ2v) is 9.44. The van der Waals surface area contributed by atoms with Gasteiger partial charge in [-0.3, -0.25) is 9.69 Å². The molecule has 0 saturated carbocycles. The van der Waals surface area contributed by atoms with Gasteiger partial charge in [-0.15, -0.1) is 0 Å². The van der Waals surface area contributed by atoms with E-state index in [9.17, 15) is 4.79 Å². The van der Waals surface area contributed by atoms with Crippen molar-refractivity contribution >= 4 is 16.9 Å². The van der Waals surface area contributed by atoms with Gasteiger partial charge in [0, 0.05) is 24.0 Å². The summed E-state index contributed by atoms with van der Waals surface area (Å²) in [6.45, 7) is 6.64. The first kappa shape index (κ1) is 19.2. The normalized spacial score (nSPS) is 25.2. The number of imidazole rings is 1. The number of para-hydroxylation sites is 1. The van der Waals surface area contributed by atoms with Crippen LogP contribution >= 0.6 is 0 Å². The number of aromatic nitrogens is 2. The average Bonchev–Trinajstić information content (AvgIpc) is 3.10. The number of hydrogen-bond donors (Lipinski definition) is 2. The van der Waals surface area contributed by atoms with Crippen LogP contribution in [0.4, 0.5) is 0 Å². The van der Waals surface area contributed by atoms with Gasteiger partial charge >= 0.3 is 0 Å². The number of amides is 1. The van der Waals surface area contributed by atoms with Gasteiger partial charge in [-0.2, -0.15) is 0 Å². The van der Waals surface area contributed by atoms with Crippen molar-refractivity contribution in [1.29, 1.82) is 0 Å². The molecule has 28 heavy (non-hydrogen) atoms. The van der Waals surface area contributed by atoms with E-state index in [1.165, 1.54) is 12.8 Å². The Morgan fingerprint density at radius 2 is 2.00 bits per heavy atom. The van der Waals surface area contributed by atoms with Crippen molar-refractivity contribution in [2.24, 2.45) is 5.92 Å². The Bertz CT molecular complexity index is 840. The van der Waals surface area contributed by atoms with Gasteiger partial charge in [0.2, 0.25) is 5.91 Å². The summed E-state index contributed by atoms with van der Waals surface area (Å²) in [5.41, 5.74) is 1.78. The van der Waals surface area contributed by atoms with Crippen molar-refractivity contribution in [3.63, 3.8) is 0 Å². The molecule has 4 rings (SSSR count). The Labute approximate surface area is 167 Å². The van der Waals surface area contributed by atoms with E-state index in [1.54, 1.807) is 7.11 Å². The zero-order chi connectivity index (χ0) is 19.9. The largest absolute Gasteiger partial charge is 0.494 e. The smallest absolute Gasteiger partial charge is 0.234 e. The van der Waals surface area contributed by atoms with Gasteiger partial charge in [0.25, 0.3) is 0 Å². The molecule has 1 aromatic heterocycles. The third-order valence-corrected chi connectivity index (χ3v) is 6.05. The van der Waals surface area contributed by atoms with E-state index in [0.717, 1.165) is 41.9 Å². The predicted molar refractivity (Wildman–Crippen MR) is 110 cm³/mol. The molecule has 6 nitrogen and oxygen atoms in total. The van der Waals surface area contributed by atoms with E-state index in [-0.39, 0.29) is 11.4 Å². The number of hydrogen-bond acceptors (Lipinski definition) is 4. The van der Waals surface area contributed by atoms with Gasteiger partial charge < -0.3 is 15.0 Å². The van der Waals surface area contributed by atoms with Crippen molar-refractivity contribution in [3.8, 4) is 5.75 Å². The van der Waals surface area contributed by atoms with E-state index in [4.69, 9.17) is 9.72 Å². The van der Waals surface area contributed by atoms with Gasteiger partial charge in [-0.05, 0) is 64.5 Å². The third kappa shape index (κ3) is 4.02. The summed E-state index contributed by atoms with van der Waals surface area (Å²) < 4.78 is 5.43. The number of piperidine rings is 1. The van der Waals surface area contributed by atoms with E-state index < -0.39 is 0 Å². The van der Waals surface area contributed by atoms with Crippen molar-refractivity contribution in [1.82, 2.24) is 20.2 Å². The second kappa shape index (κ2) is 7.39. The average molecular weight is 385 g/mol. The first-order valence-corrected chi connectivity index (χ1v) is 10.4. The van der Waals surface area contributed by atoms with Gasteiger partial charge in [0.1, 0.15) is 17.1 Å². The molecule has 2 N–H and O–H groups in total. The molecule has 1 aromatic carbocycles. The van der Waals surface area contributed by atoms with Crippen LogP contribution in [0.3, 0.4) is 0 Å². The first-order chi connectivity index (χ1) is 13.3. The maximum atomic E-state index is 12.4. The van der Waals surface area contributed by atoms with Crippen LogP contribution in [0.1, 0.15) is 52.3 Å². The highest BCUT2D eigenvalue weighted by molar-refractivity contribution is 5.81. The highest BCUT2D eigenvalue weighted by atomic mass is 16.5. The maximum absolute atomic E-state index is 12.4. The molecule has 6 heteroatoms. The molecular weight excluding hydrogens is 352 g/mol. The van der Waals surface area contributed by atoms with Crippen LogP contribution in [-0.2, 0) is 11.2 Å². The predicted octanol–water partition coefficient (Wildman–Crippen LogP) is 3.27. The Morgan fingerprint density at radius 1 is 1.29 bits per heavy atom. The molecule has 2 aliphatic rings. The minimum atomic E-state index is -0.170. The van der Waals surface area contributed by atoms with Gasteiger partial charge in [0.15, 0.2) is 0 Å². The van der Waals surface area contributed by atoms with E-state index in [1.807, 2.05) is 32.9 Å². The van der Waals surface area contributed by atoms with Crippen molar-refractivity contribution < 1.29 is 9.53 Å². The maximum Gasteiger partial charge on any atom is 0.234 e. The van der Waals surface area contributed by atoms with Crippen molar-refractivity contribution in [2.45, 2.75) is 70.5 Å². The summed E-state index contributed by atoms with van der Waals surface area (Å²) in [7, 11) is 1.69. The lowest BCUT2D eigenvalue weighted by atomic mass is 9.88. The van der Waals surface area contributed by atoms with E-state index in [2.05, 4.69) is 21.3 Å². The third-order valence-electron chi connectivity index (χ3n) is 6.05. The summed E-state index contributed by atoms with van der Waals surface area (Å²) in [6.07, 6.45) is 5.67. The number of H-pyrrole nitrogens is 1. The molecule has 0 spiro atoms. The number of rotatable bonds is 5. The number of aromatic amines is 1. The zero-order valence-corrected chi connectivity index (χ0v) is 17.4. The molecule has 152 valence electrons. The van der Waals surface area contributed by atoms with E-state index >= 15 is 0 Å². The Kier molecular flexibility index (Phi) is 5.08. The minimum Gasteiger partial charge on any atom is -0.494 e. The molecule has 2 saturated heterocycles. The number of methoxy groups -OCH3 is 1. The molecule has 2 bridgehead atoms. The lowest BCUT2D eigenvalue weighted by Crippen LogP contribution is -2.51. The fourth-order valence-corrected chi connectivity index (χ4v) is 5.03. The molecule has 2 fully saturated rings. The lowest BCUT2D eigenvalue weighted by Gasteiger charge is -2.38. The Hall–Kier alpha value is -2.08. The molecular formula is C22H32N4O2. The number of nitrogens with one attached hydrogen (secondary N) is 2. The van der Waals surface area contributed by atoms with Crippen LogP contribution in [0.5, 0.6) is 5.75 Å². The number of benzene rings is 1. The number of fused-ring (bicyclic) bond motifs is 3. The molecule has 3 atom stereocenters. The summed E-state index contributed by atoms with van der Waals surface area (Å²) in [5, 5.41) is 3.10. The molecule has 2 aliphatic heterocycles. The summed E-state index contributed by atoms with van der Waals surface area (Å²) >= 11 is 0. The highest BCUT2D eigenvalue weighted by Gasteiger charge is 2.41. The SMILES string of the molecule is COc1cccc2[nH]c(C[C@@H]3C[C@H]4CC[C@@H](C3)N4CC(=O)NC(C)(C)C)nc12. The van der Waals surface area contributed by atoms with Crippen LogP contribution in [0, 0.1) is 5.92 Å². The molecule has 0 unspecified atom stereocenters. The van der Waals surface area contributed by atoms with E-state index in [0.29, 0.717) is 24.5 Å². The summed E-state index contributed by atoms with van der Waals surface area (Å²) in [6, 6.07) is 7.04. The van der Waals surface area contributed by atoms with Crippen LogP contribution in [0.2, 0.25) is 0 Å². The van der Waals surface area contributed by atoms with Crippen LogP contribution in [0.15, 0.2) is 18.2 Å². The topological polar surface area (TPSA) is 70.2 Å². The van der Waals surface area contributed by atoms with Gasteiger partial charge in [0.05, 0.1) is 19.2 Å². The first-order valence-electron chi connectivity index (χ1n) is 10.4. The highest BCUT2D eigenvalue weighted by Crippen LogP contribution is 2.39. The number of nitrogens with zero attached hydrogens (tertiary/aromatic N) is 2. The Morgan fingerprint density at radius 3 is 2.64 bits per heavy atom. The summed E-state index contributed by atoms with van der Waals surface area (Å²) in [5.74, 6) is 2.63. The van der Waals surface area contributed by atoms with Crippen LogP contribution < -0.4 is 10.1 Å². The molecule has 1 amide bonds. The molecule has 3 heterocycles. The fraction of sp³-hybridized carbons (Fsp3) is 0.636. The lowest BCUT2D eigenvalue weighted by molar-refractivity contribution is -0.125. The quantitative estimate of drug-likeness (QED) is 0.830. The Balaban J connectivity index is 1.40. The van der Waals surface area contributed by atoms with Crippen molar-refractivity contribution in [2.75, 3.05) is 13.7 Å². The molecule has 2 aromatic rings. The van der Waals surface area contributed by atoms with Crippen LogP contribution in [0.25, 0.3) is 11.0 Å². The fourth-order valence-electron chi connectivity index (χ4n) is 5.03.